The second kappa shape index (κ2) is 9.55. The Labute approximate surface area is 181 Å². The lowest BCUT2D eigenvalue weighted by atomic mass is 10.0. The van der Waals surface area contributed by atoms with E-state index in [9.17, 15) is 9.59 Å². The van der Waals surface area contributed by atoms with Gasteiger partial charge in [-0.05, 0) is 37.5 Å². The average Bonchev–Trinajstić information content (AvgIpc) is 3.46. The van der Waals surface area contributed by atoms with E-state index in [2.05, 4.69) is 20.8 Å². The minimum Gasteiger partial charge on any atom is -0.421 e. The molecule has 0 aliphatic heterocycles. The summed E-state index contributed by atoms with van der Waals surface area (Å²) in [5.41, 5.74) is 2.99. The molecule has 1 heterocycles. The highest BCUT2D eigenvalue weighted by molar-refractivity contribution is 5.88. The summed E-state index contributed by atoms with van der Waals surface area (Å²) in [4.78, 5) is 25.2. The van der Waals surface area contributed by atoms with E-state index in [0.29, 0.717) is 24.6 Å². The number of hydrogen-bond donors (Lipinski definition) is 2. The molecule has 3 aromatic rings. The molecule has 1 aliphatic rings. The Hall–Kier alpha value is -3.48. The monoisotopic (exact) mass is 418 g/mol. The molecule has 31 heavy (non-hydrogen) atoms. The molecule has 7 nitrogen and oxygen atoms in total. The molecule has 1 unspecified atom stereocenters. The van der Waals surface area contributed by atoms with Crippen LogP contribution < -0.4 is 10.6 Å². The fourth-order valence-corrected chi connectivity index (χ4v) is 3.24. The van der Waals surface area contributed by atoms with Gasteiger partial charge in [-0.2, -0.15) is 0 Å². The van der Waals surface area contributed by atoms with Crippen LogP contribution in [0.5, 0.6) is 0 Å². The minimum absolute atomic E-state index is 0.140. The van der Waals surface area contributed by atoms with Crippen molar-refractivity contribution >= 4 is 11.8 Å². The van der Waals surface area contributed by atoms with Crippen LogP contribution in [-0.2, 0) is 22.4 Å². The number of nitrogens with one attached hydrogen (secondary N) is 2. The second-order valence-electron chi connectivity index (χ2n) is 7.96. The van der Waals surface area contributed by atoms with E-state index < -0.39 is 6.04 Å². The summed E-state index contributed by atoms with van der Waals surface area (Å²) in [6.07, 6.45) is 2.92. The van der Waals surface area contributed by atoms with E-state index in [0.717, 1.165) is 29.5 Å². The maximum atomic E-state index is 12.6. The van der Waals surface area contributed by atoms with E-state index in [-0.39, 0.29) is 24.3 Å². The first-order chi connectivity index (χ1) is 15.1. The largest absolute Gasteiger partial charge is 0.421 e. The molecule has 2 N–H and O–H groups in total. The van der Waals surface area contributed by atoms with E-state index in [4.69, 9.17) is 4.42 Å². The molecule has 0 saturated heterocycles. The normalized spacial score (nSPS) is 14.1. The lowest BCUT2D eigenvalue weighted by Gasteiger charge is -2.18. The molecular weight excluding hydrogens is 392 g/mol. The third-order valence-electron chi connectivity index (χ3n) is 5.19. The molecule has 0 radical (unpaired) electrons. The zero-order chi connectivity index (χ0) is 21.6. The number of aromatic nitrogens is 2. The van der Waals surface area contributed by atoms with Crippen LogP contribution in [0.15, 0.2) is 59.0 Å². The lowest BCUT2D eigenvalue weighted by Crippen LogP contribution is -2.48. The summed E-state index contributed by atoms with van der Waals surface area (Å²) in [5.74, 6) is 0.468. The number of rotatable bonds is 9. The van der Waals surface area contributed by atoms with Gasteiger partial charge in [0, 0.05) is 30.9 Å². The Bertz CT molecular complexity index is 1030. The molecule has 1 atom stereocenters. The predicted octanol–water partition coefficient (Wildman–Crippen LogP) is 2.98. The van der Waals surface area contributed by atoms with E-state index in [1.807, 2.05) is 61.5 Å². The van der Waals surface area contributed by atoms with Gasteiger partial charge in [0.2, 0.25) is 23.6 Å². The van der Waals surface area contributed by atoms with Gasteiger partial charge in [0.1, 0.15) is 6.04 Å². The van der Waals surface area contributed by atoms with Crippen molar-refractivity contribution in [3.63, 3.8) is 0 Å². The molecule has 4 rings (SSSR count). The number of carbonyl (C=O) groups is 2. The van der Waals surface area contributed by atoms with Crippen LogP contribution in [0.2, 0.25) is 0 Å². The maximum absolute atomic E-state index is 12.6. The number of benzene rings is 2. The first kappa shape index (κ1) is 20.8. The Morgan fingerprint density at radius 1 is 1.06 bits per heavy atom. The van der Waals surface area contributed by atoms with Gasteiger partial charge >= 0.3 is 0 Å². The van der Waals surface area contributed by atoms with Gasteiger partial charge in [0.15, 0.2) is 0 Å². The number of nitrogens with zero attached hydrogens (tertiary/aromatic N) is 2. The molecule has 2 amide bonds. The minimum atomic E-state index is -0.610. The quantitative estimate of drug-likeness (QED) is 0.557. The number of aryl methyl sites for hydroxylation is 2. The molecule has 1 aliphatic carbocycles. The lowest BCUT2D eigenvalue weighted by molar-refractivity contribution is -0.129. The van der Waals surface area contributed by atoms with Gasteiger partial charge in [-0.15, -0.1) is 10.2 Å². The van der Waals surface area contributed by atoms with Crippen molar-refractivity contribution in [3.8, 4) is 11.5 Å². The highest BCUT2D eigenvalue weighted by Crippen LogP contribution is 2.20. The van der Waals surface area contributed by atoms with Gasteiger partial charge in [-0.3, -0.25) is 9.59 Å². The van der Waals surface area contributed by atoms with Crippen molar-refractivity contribution in [3.05, 3.63) is 71.6 Å². The maximum Gasteiger partial charge on any atom is 0.247 e. The molecule has 0 spiro atoms. The summed E-state index contributed by atoms with van der Waals surface area (Å²) in [7, 11) is 0. The fourth-order valence-electron chi connectivity index (χ4n) is 3.24. The highest BCUT2D eigenvalue weighted by atomic mass is 16.4. The van der Waals surface area contributed by atoms with Gasteiger partial charge < -0.3 is 15.1 Å². The van der Waals surface area contributed by atoms with Crippen molar-refractivity contribution in [2.75, 3.05) is 0 Å². The Morgan fingerprint density at radius 2 is 1.81 bits per heavy atom. The first-order valence-corrected chi connectivity index (χ1v) is 10.6. The fraction of sp³-hybridized carbons (Fsp3) is 0.333. The number of carbonyl (C=O) groups excluding carboxylic acids is 2. The van der Waals surface area contributed by atoms with E-state index in [1.54, 1.807) is 0 Å². The molecular formula is C24H26N4O3. The van der Waals surface area contributed by atoms with Crippen LogP contribution in [-0.4, -0.2) is 34.1 Å². The standard InChI is InChI=1S/C24H26N4O3/c1-16-7-9-18(10-8-16)24-28-27-22(31-24)14-13-21(29)26-20(23(30)25-19-11-12-19)15-17-5-3-2-4-6-17/h2-10,19-20H,11-15H2,1H3,(H,25,30)(H,26,29). The van der Waals surface area contributed by atoms with Gasteiger partial charge in [0.25, 0.3) is 0 Å². The summed E-state index contributed by atoms with van der Waals surface area (Å²) in [6.45, 7) is 2.01. The Balaban J connectivity index is 1.34. The topological polar surface area (TPSA) is 97.1 Å². The Kier molecular flexibility index (Phi) is 6.40. The van der Waals surface area contributed by atoms with Crippen LogP contribution in [0.1, 0.15) is 36.3 Å². The van der Waals surface area contributed by atoms with Crippen LogP contribution in [0.25, 0.3) is 11.5 Å². The van der Waals surface area contributed by atoms with Crippen LogP contribution >= 0.6 is 0 Å². The van der Waals surface area contributed by atoms with Crippen molar-refractivity contribution in [1.82, 2.24) is 20.8 Å². The van der Waals surface area contributed by atoms with Crippen LogP contribution in [0, 0.1) is 6.92 Å². The smallest absolute Gasteiger partial charge is 0.247 e. The van der Waals surface area contributed by atoms with Crippen molar-refractivity contribution in [2.45, 2.75) is 51.1 Å². The second-order valence-corrected chi connectivity index (χ2v) is 7.96. The SMILES string of the molecule is Cc1ccc(-c2nnc(CCC(=O)NC(Cc3ccccc3)C(=O)NC3CC3)o2)cc1. The van der Waals surface area contributed by atoms with Crippen LogP contribution in [0.3, 0.4) is 0 Å². The third-order valence-corrected chi connectivity index (χ3v) is 5.19. The molecule has 1 saturated carbocycles. The molecule has 1 aromatic heterocycles. The van der Waals surface area contributed by atoms with Crippen molar-refractivity contribution < 1.29 is 14.0 Å². The third kappa shape index (κ3) is 6.01. The molecule has 7 heteroatoms. The first-order valence-electron chi connectivity index (χ1n) is 10.6. The zero-order valence-electron chi connectivity index (χ0n) is 17.5. The van der Waals surface area contributed by atoms with E-state index >= 15 is 0 Å². The molecule has 0 bridgehead atoms. The van der Waals surface area contributed by atoms with Crippen molar-refractivity contribution in [2.24, 2.45) is 0 Å². The highest BCUT2D eigenvalue weighted by Gasteiger charge is 2.28. The Morgan fingerprint density at radius 3 is 2.52 bits per heavy atom. The number of hydrogen-bond acceptors (Lipinski definition) is 5. The summed E-state index contributed by atoms with van der Waals surface area (Å²) >= 11 is 0. The molecule has 2 aromatic carbocycles. The van der Waals surface area contributed by atoms with Gasteiger partial charge in [0.05, 0.1) is 0 Å². The summed E-state index contributed by atoms with van der Waals surface area (Å²) in [6, 6.07) is 17.1. The molecule has 160 valence electrons. The van der Waals surface area contributed by atoms with Gasteiger partial charge in [-0.1, -0.05) is 48.0 Å². The molecule has 1 fully saturated rings. The van der Waals surface area contributed by atoms with Gasteiger partial charge in [-0.25, -0.2) is 0 Å². The summed E-state index contributed by atoms with van der Waals surface area (Å²) < 4.78 is 5.69. The van der Waals surface area contributed by atoms with Crippen molar-refractivity contribution in [1.29, 1.82) is 0 Å². The predicted molar refractivity (Wildman–Crippen MR) is 116 cm³/mol. The number of amides is 2. The summed E-state index contributed by atoms with van der Waals surface area (Å²) in [5, 5.41) is 14.0. The van der Waals surface area contributed by atoms with E-state index in [1.165, 1.54) is 0 Å². The zero-order valence-corrected chi connectivity index (χ0v) is 17.5. The average molecular weight is 418 g/mol. The van der Waals surface area contributed by atoms with Crippen LogP contribution in [0.4, 0.5) is 0 Å².